The molecule has 2 nitrogen and oxygen atoms in total. The third kappa shape index (κ3) is 4.29. The highest BCUT2D eigenvalue weighted by atomic mass is 79.9. The van der Waals surface area contributed by atoms with E-state index in [-0.39, 0.29) is 5.41 Å². The summed E-state index contributed by atoms with van der Waals surface area (Å²) in [6.07, 6.45) is 13.6. The van der Waals surface area contributed by atoms with Gasteiger partial charge in [-0.1, -0.05) is 26.2 Å². The summed E-state index contributed by atoms with van der Waals surface area (Å²) in [5.41, 5.74) is 1.32. The molecule has 20 heavy (non-hydrogen) atoms. The lowest BCUT2D eigenvalue weighted by Crippen LogP contribution is -2.33. The first-order chi connectivity index (χ1) is 9.67. The molecule has 1 N–H and O–H groups in total. The van der Waals surface area contributed by atoms with Crippen LogP contribution in [0, 0.1) is 11.3 Å². The zero-order valence-corrected chi connectivity index (χ0v) is 14.0. The first kappa shape index (κ1) is 16.0. The van der Waals surface area contributed by atoms with E-state index in [1.807, 2.05) is 12.4 Å². The Morgan fingerprint density at radius 2 is 2.10 bits per heavy atom. The number of halogens is 1. The topological polar surface area (TPSA) is 33.1 Å². The van der Waals surface area contributed by atoms with E-state index in [9.17, 15) is 5.11 Å². The van der Waals surface area contributed by atoms with Crippen LogP contribution in [0.1, 0.15) is 57.4 Å². The van der Waals surface area contributed by atoms with Crippen molar-refractivity contribution >= 4 is 15.9 Å². The van der Waals surface area contributed by atoms with Gasteiger partial charge < -0.3 is 5.11 Å². The molecule has 1 aliphatic carbocycles. The number of aliphatic hydroxyl groups excluding tert-OH is 1. The predicted octanol–water partition coefficient (Wildman–Crippen LogP) is 4.75. The molecule has 1 heterocycles. The van der Waals surface area contributed by atoms with Gasteiger partial charge in [0.15, 0.2) is 0 Å². The molecule has 0 bridgehead atoms. The van der Waals surface area contributed by atoms with Gasteiger partial charge in [-0.2, -0.15) is 0 Å². The maximum atomic E-state index is 9.90. The number of pyridine rings is 1. The predicted molar refractivity (Wildman–Crippen MR) is 86.6 cm³/mol. The van der Waals surface area contributed by atoms with E-state index in [2.05, 4.69) is 33.9 Å². The molecule has 1 fully saturated rings. The van der Waals surface area contributed by atoms with E-state index >= 15 is 0 Å². The molecule has 3 heteroatoms. The smallest absolute Gasteiger partial charge is 0.0490 e. The quantitative estimate of drug-likeness (QED) is 0.811. The molecule has 1 aromatic heterocycles. The zero-order chi connectivity index (χ0) is 14.4. The van der Waals surface area contributed by atoms with Crippen LogP contribution in [0.5, 0.6) is 0 Å². The average Bonchev–Trinajstić information content (AvgIpc) is 2.47. The lowest BCUT2D eigenvalue weighted by Gasteiger charge is -2.39. The molecular formula is C17H26BrNO. The van der Waals surface area contributed by atoms with Crippen molar-refractivity contribution in [2.24, 2.45) is 11.3 Å². The van der Waals surface area contributed by atoms with Gasteiger partial charge in [0.1, 0.15) is 0 Å². The molecular weight excluding hydrogens is 314 g/mol. The summed E-state index contributed by atoms with van der Waals surface area (Å²) in [4.78, 5) is 4.24. The average molecular weight is 340 g/mol. The molecule has 0 unspecified atom stereocenters. The van der Waals surface area contributed by atoms with Crippen molar-refractivity contribution in [1.29, 1.82) is 0 Å². The first-order valence-corrected chi connectivity index (χ1v) is 8.67. The minimum atomic E-state index is 0.0885. The third-order valence-electron chi connectivity index (χ3n) is 4.81. The van der Waals surface area contributed by atoms with Crippen molar-refractivity contribution in [3.63, 3.8) is 0 Å². The summed E-state index contributed by atoms with van der Waals surface area (Å²) in [6.45, 7) is 2.57. The summed E-state index contributed by atoms with van der Waals surface area (Å²) >= 11 is 3.48. The van der Waals surface area contributed by atoms with Gasteiger partial charge >= 0.3 is 0 Å². The Hall–Kier alpha value is -0.410. The largest absolute Gasteiger partial charge is 0.396 e. The molecule has 112 valence electrons. The minimum absolute atomic E-state index is 0.0885. The molecule has 0 atom stereocenters. The Bertz CT molecular complexity index is 413. The summed E-state index contributed by atoms with van der Waals surface area (Å²) in [6, 6.07) is 2.13. The van der Waals surface area contributed by atoms with Crippen molar-refractivity contribution in [1.82, 2.24) is 4.98 Å². The molecule has 0 amide bonds. The van der Waals surface area contributed by atoms with Crippen molar-refractivity contribution in [3.05, 3.63) is 28.5 Å². The highest BCUT2D eigenvalue weighted by molar-refractivity contribution is 9.10. The Morgan fingerprint density at radius 3 is 2.70 bits per heavy atom. The Balaban J connectivity index is 1.94. The molecule has 2 rings (SSSR count). The molecule has 0 aliphatic heterocycles. The molecule has 1 aromatic rings. The lowest BCUT2D eigenvalue weighted by atomic mass is 9.67. The number of aromatic nitrogens is 1. The van der Waals surface area contributed by atoms with Gasteiger partial charge in [-0.3, -0.25) is 4.98 Å². The van der Waals surface area contributed by atoms with Crippen molar-refractivity contribution in [2.75, 3.05) is 6.61 Å². The molecule has 1 saturated carbocycles. The van der Waals surface area contributed by atoms with Crippen LogP contribution in [0.4, 0.5) is 0 Å². The van der Waals surface area contributed by atoms with E-state index in [1.165, 1.54) is 37.7 Å². The molecule has 0 saturated heterocycles. The zero-order valence-electron chi connectivity index (χ0n) is 12.4. The third-order valence-corrected chi connectivity index (χ3v) is 5.24. The van der Waals surface area contributed by atoms with Gasteiger partial charge in [-0.25, -0.2) is 0 Å². The summed E-state index contributed by atoms with van der Waals surface area (Å²) < 4.78 is 1.03. The van der Waals surface area contributed by atoms with Crippen LogP contribution in [0.15, 0.2) is 22.9 Å². The fourth-order valence-electron chi connectivity index (χ4n) is 3.45. The number of hydrogen-bond donors (Lipinski definition) is 1. The van der Waals surface area contributed by atoms with Gasteiger partial charge in [0.25, 0.3) is 0 Å². The molecule has 0 aromatic carbocycles. The second kappa shape index (κ2) is 7.56. The maximum Gasteiger partial charge on any atom is 0.0490 e. The number of rotatable bonds is 6. The second-order valence-electron chi connectivity index (χ2n) is 6.43. The van der Waals surface area contributed by atoms with Crippen molar-refractivity contribution in [2.45, 2.75) is 58.3 Å². The van der Waals surface area contributed by atoms with Gasteiger partial charge in [-0.15, -0.1) is 0 Å². The van der Waals surface area contributed by atoms with E-state index in [0.717, 1.165) is 29.7 Å². The first-order valence-electron chi connectivity index (χ1n) is 7.88. The Morgan fingerprint density at radius 1 is 1.35 bits per heavy atom. The molecule has 0 radical (unpaired) electrons. The van der Waals surface area contributed by atoms with Gasteiger partial charge in [0, 0.05) is 23.5 Å². The lowest BCUT2D eigenvalue weighted by molar-refractivity contribution is 0.0620. The number of aliphatic hydroxyl groups is 1. The van der Waals surface area contributed by atoms with Crippen LogP contribution in [0.3, 0.4) is 0 Å². The summed E-state index contributed by atoms with van der Waals surface area (Å²) in [7, 11) is 0. The van der Waals surface area contributed by atoms with E-state index in [1.54, 1.807) is 0 Å². The van der Waals surface area contributed by atoms with Crippen LogP contribution >= 0.6 is 15.9 Å². The van der Waals surface area contributed by atoms with Crippen molar-refractivity contribution < 1.29 is 5.11 Å². The highest BCUT2D eigenvalue weighted by Crippen LogP contribution is 2.42. The van der Waals surface area contributed by atoms with Gasteiger partial charge in [-0.05, 0) is 71.0 Å². The van der Waals surface area contributed by atoms with Gasteiger partial charge in [0.05, 0.1) is 0 Å². The van der Waals surface area contributed by atoms with Crippen LogP contribution in [-0.4, -0.2) is 16.7 Å². The number of unbranched alkanes of at least 4 members (excludes halogenated alkanes) is 1. The molecule has 0 spiro atoms. The SMILES string of the molecule is CCCCC1CCC(CO)(Cc2cncc(Br)c2)CC1. The summed E-state index contributed by atoms with van der Waals surface area (Å²) in [5, 5.41) is 9.90. The van der Waals surface area contributed by atoms with Crippen LogP contribution in [0.2, 0.25) is 0 Å². The Labute approximate surface area is 131 Å². The van der Waals surface area contributed by atoms with Gasteiger partial charge in [0.2, 0.25) is 0 Å². The maximum absolute atomic E-state index is 9.90. The van der Waals surface area contributed by atoms with E-state index in [0.29, 0.717) is 6.61 Å². The fourth-order valence-corrected chi connectivity index (χ4v) is 3.86. The number of hydrogen-bond acceptors (Lipinski definition) is 2. The Kier molecular flexibility index (Phi) is 6.03. The van der Waals surface area contributed by atoms with Crippen LogP contribution < -0.4 is 0 Å². The summed E-state index contributed by atoms with van der Waals surface area (Å²) in [5.74, 6) is 0.884. The molecule has 1 aliphatic rings. The standard InChI is InChI=1S/C17H26BrNO/c1-2-3-4-14-5-7-17(13-20,8-6-14)10-15-9-16(18)12-19-11-15/h9,11-12,14,20H,2-8,10,13H2,1H3. The van der Waals surface area contributed by atoms with Crippen molar-refractivity contribution in [3.8, 4) is 0 Å². The van der Waals surface area contributed by atoms with E-state index < -0.39 is 0 Å². The monoisotopic (exact) mass is 339 g/mol. The number of nitrogens with zero attached hydrogens (tertiary/aromatic N) is 1. The van der Waals surface area contributed by atoms with Crippen LogP contribution in [0.25, 0.3) is 0 Å². The van der Waals surface area contributed by atoms with Crippen LogP contribution in [-0.2, 0) is 6.42 Å². The normalized spacial score (nSPS) is 26.6. The van der Waals surface area contributed by atoms with E-state index in [4.69, 9.17) is 0 Å². The highest BCUT2D eigenvalue weighted by Gasteiger charge is 2.34. The second-order valence-corrected chi connectivity index (χ2v) is 7.35. The fraction of sp³-hybridized carbons (Fsp3) is 0.706. The minimum Gasteiger partial charge on any atom is -0.396 e.